The Kier molecular flexibility index (Phi) is 5.88. The summed E-state index contributed by atoms with van der Waals surface area (Å²) < 4.78 is 5.77. The largest absolute Gasteiger partial charge is 0.378 e. The van der Waals surface area contributed by atoms with Crippen LogP contribution in [0, 0.1) is 5.92 Å². The minimum absolute atomic E-state index is 0.418. The van der Waals surface area contributed by atoms with Crippen LogP contribution in [0.1, 0.15) is 53.4 Å². The smallest absolute Gasteiger partial charge is 0.0564 e. The summed E-state index contributed by atoms with van der Waals surface area (Å²) in [5.41, 5.74) is 0.418. The summed E-state index contributed by atoms with van der Waals surface area (Å²) in [7, 11) is 0. The average Bonchev–Trinajstić information content (AvgIpc) is 2.45. The lowest BCUT2D eigenvalue weighted by Gasteiger charge is -2.51. The van der Waals surface area contributed by atoms with Crippen molar-refractivity contribution in [2.75, 3.05) is 39.3 Å². The number of nitrogens with zero attached hydrogens (tertiary/aromatic N) is 2. The van der Waals surface area contributed by atoms with E-state index in [1.165, 1.54) is 58.4 Å². The highest BCUT2D eigenvalue weighted by Gasteiger charge is 2.40. The predicted octanol–water partition coefficient (Wildman–Crippen LogP) is 3.00. The highest BCUT2D eigenvalue weighted by molar-refractivity contribution is 4.95. The Morgan fingerprint density at radius 1 is 1.20 bits per heavy atom. The molecule has 0 bridgehead atoms. The van der Waals surface area contributed by atoms with E-state index >= 15 is 0 Å². The summed E-state index contributed by atoms with van der Waals surface area (Å²) in [6.45, 7) is 16.5. The van der Waals surface area contributed by atoms with E-state index in [0.717, 1.165) is 12.5 Å². The summed E-state index contributed by atoms with van der Waals surface area (Å²) in [5.74, 6) is 0.825. The van der Waals surface area contributed by atoms with Crippen LogP contribution < -0.4 is 0 Å². The molecule has 3 nitrogen and oxygen atoms in total. The van der Waals surface area contributed by atoms with Crippen molar-refractivity contribution in [1.82, 2.24) is 9.80 Å². The van der Waals surface area contributed by atoms with E-state index in [-0.39, 0.29) is 0 Å². The van der Waals surface area contributed by atoms with Gasteiger partial charge in [0.1, 0.15) is 0 Å². The van der Waals surface area contributed by atoms with Crippen LogP contribution in [0.2, 0.25) is 0 Å². The van der Waals surface area contributed by atoms with Crippen molar-refractivity contribution in [3.8, 4) is 0 Å². The SMILES string of the molecule is CC[C@@]1(N2CCN(CCC(C)C)CC2)CCO[C@@H](C)C1. The molecule has 2 aliphatic rings. The van der Waals surface area contributed by atoms with Gasteiger partial charge < -0.3 is 9.64 Å². The quantitative estimate of drug-likeness (QED) is 0.771. The third kappa shape index (κ3) is 3.96. The van der Waals surface area contributed by atoms with Gasteiger partial charge in [0.2, 0.25) is 0 Å². The molecular formula is C17H34N2O. The van der Waals surface area contributed by atoms with Gasteiger partial charge in [0.25, 0.3) is 0 Å². The second kappa shape index (κ2) is 7.24. The van der Waals surface area contributed by atoms with Gasteiger partial charge in [0.05, 0.1) is 6.10 Å². The van der Waals surface area contributed by atoms with Gasteiger partial charge in [-0.25, -0.2) is 0 Å². The minimum atomic E-state index is 0.418. The van der Waals surface area contributed by atoms with Gasteiger partial charge in [-0.1, -0.05) is 20.8 Å². The summed E-state index contributed by atoms with van der Waals surface area (Å²) >= 11 is 0. The Morgan fingerprint density at radius 3 is 2.45 bits per heavy atom. The first kappa shape index (κ1) is 16.3. The molecule has 0 aromatic carbocycles. The molecule has 0 unspecified atom stereocenters. The predicted molar refractivity (Wildman–Crippen MR) is 85.1 cm³/mol. The number of hydrogen-bond acceptors (Lipinski definition) is 3. The number of hydrogen-bond donors (Lipinski definition) is 0. The van der Waals surface area contributed by atoms with Crippen molar-refractivity contribution in [3.63, 3.8) is 0 Å². The Balaban J connectivity index is 1.85. The topological polar surface area (TPSA) is 15.7 Å². The summed E-state index contributed by atoms with van der Waals surface area (Å²) in [4.78, 5) is 5.43. The molecular weight excluding hydrogens is 248 g/mol. The molecule has 20 heavy (non-hydrogen) atoms. The molecule has 0 aromatic rings. The first-order valence-corrected chi connectivity index (χ1v) is 8.65. The van der Waals surface area contributed by atoms with E-state index in [9.17, 15) is 0 Å². The van der Waals surface area contributed by atoms with Crippen LogP contribution in [-0.4, -0.2) is 60.8 Å². The van der Waals surface area contributed by atoms with Gasteiger partial charge in [-0.2, -0.15) is 0 Å². The van der Waals surface area contributed by atoms with Crippen LogP contribution in [0.5, 0.6) is 0 Å². The van der Waals surface area contributed by atoms with E-state index in [2.05, 4.69) is 37.5 Å². The second-order valence-electron chi connectivity index (χ2n) is 7.22. The maximum absolute atomic E-state index is 5.77. The molecule has 0 radical (unpaired) electrons. The zero-order valence-electron chi connectivity index (χ0n) is 14.0. The Morgan fingerprint density at radius 2 is 1.90 bits per heavy atom. The molecule has 0 aromatic heterocycles. The molecule has 0 N–H and O–H groups in total. The Labute approximate surface area is 125 Å². The molecule has 2 saturated heterocycles. The summed E-state index contributed by atoms with van der Waals surface area (Å²) in [6.07, 6.45) is 5.48. The molecule has 0 saturated carbocycles. The second-order valence-corrected chi connectivity index (χ2v) is 7.22. The van der Waals surface area contributed by atoms with Gasteiger partial charge >= 0.3 is 0 Å². The highest BCUT2D eigenvalue weighted by atomic mass is 16.5. The lowest BCUT2D eigenvalue weighted by molar-refractivity contribution is -0.0811. The van der Waals surface area contributed by atoms with Crippen LogP contribution in [0.25, 0.3) is 0 Å². The molecule has 2 heterocycles. The van der Waals surface area contributed by atoms with E-state index in [1.54, 1.807) is 0 Å². The maximum atomic E-state index is 5.77. The van der Waals surface area contributed by atoms with Crippen LogP contribution in [0.15, 0.2) is 0 Å². The molecule has 3 heteroatoms. The molecule has 118 valence electrons. The Hall–Kier alpha value is -0.120. The molecule has 0 spiro atoms. The molecule has 2 aliphatic heterocycles. The lowest BCUT2D eigenvalue weighted by Crippen LogP contribution is -2.59. The number of rotatable bonds is 5. The fourth-order valence-corrected chi connectivity index (χ4v) is 3.86. The van der Waals surface area contributed by atoms with Crippen molar-refractivity contribution in [2.45, 2.75) is 65.0 Å². The fourth-order valence-electron chi connectivity index (χ4n) is 3.86. The van der Waals surface area contributed by atoms with Crippen molar-refractivity contribution in [3.05, 3.63) is 0 Å². The summed E-state index contributed by atoms with van der Waals surface area (Å²) in [6, 6.07) is 0. The standard InChI is InChI=1S/C17H34N2O/c1-5-17(7-13-20-16(4)14-17)19-11-9-18(10-12-19)8-6-15(2)3/h15-16H,5-14H2,1-4H3/t16-,17+/m0/s1. The Bertz CT molecular complexity index is 287. The number of ether oxygens (including phenoxy) is 1. The van der Waals surface area contributed by atoms with Crippen molar-refractivity contribution >= 4 is 0 Å². The lowest BCUT2D eigenvalue weighted by atomic mass is 9.82. The van der Waals surface area contributed by atoms with Crippen LogP contribution >= 0.6 is 0 Å². The van der Waals surface area contributed by atoms with Crippen molar-refractivity contribution in [1.29, 1.82) is 0 Å². The van der Waals surface area contributed by atoms with Gasteiger partial charge in [0.15, 0.2) is 0 Å². The summed E-state index contributed by atoms with van der Waals surface area (Å²) in [5, 5.41) is 0. The fraction of sp³-hybridized carbons (Fsp3) is 1.00. The van der Waals surface area contributed by atoms with Gasteiger partial charge in [-0.3, -0.25) is 4.90 Å². The van der Waals surface area contributed by atoms with Gasteiger partial charge in [0, 0.05) is 38.3 Å². The number of piperazine rings is 1. The maximum Gasteiger partial charge on any atom is 0.0564 e. The third-order valence-corrected chi connectivity index (χ3v) is 5.36. The minimum Gasteiger partial charge on any atom is -0.378 e. The van der Waals surface area contributed by atoms with E-state index in [0.29, 0.717) is 11.6 Å². The molecule has 2 rings (SSSR count). The van der Waals surface area contributed by atoms with E-state index < -0.39 is 0 Å². The van der Waals surface area contributed by atoms with E-state index in [1.807, 2.05) is 0 Å². The third-order valence-electron chi connectivity index (χ3n) is 5.36. The first-order valence-electron chi connectivity index (χ1n) is 8.65. The zero-order chi connectivity index (χ0) is 14.6. The molecule has 0 aliphatic carbocycles. The molecule has 0 amide bonds. The van der Waals surface area contributed by atoms with E-state index in [4.69, 9.17) is 4.74 Å². The zero-order valence-corrected chi connectivity index (χ0v) is 14.0. The first-order chi connectivity index (χ1) is 9.55. The highest BCUT2D eigenvalue weighted by Crippen LogP contribution is 2.34. The monoisotopic (exact) mass is 282 g/mol. The normalized spacial score (nSPS) is 33.8. The van der Waals surface area contributed by atoms with Gasteiger partial charge in [-0.05, 0) is 45.1 Å². The van der Waals surface area contributed by atoms with Crippen LogP contribution in [0.3, 0.4) is 0 Å². The van der Waals surface area contributed by atoms with Gasteiger partial charge in [-0.15, -0.1) is 0 Å². The van der Waals surface area contributed by atoms with Crippen LogP contribution in [-0.2, 0) is 4.74 Å². The van der Waals surface area contributed by atoms with Crippen molar-refractivity contribution < 1.29 is 4.74 Å². The van der Waals surface area contributed by atoms with Crippen LogP contribution in [0.4, 0.5) is 0 Å². The molecule has 2 fully saturated rings. The van der Waals surface area contributed by atoms with Crippen molar-refractivity contribution in [2.24, 2.45) is 5.92 Å². The average molecular weight is 282 g/mol. The molecule has 2 atom stereocenters.